The molecule has 0 bridgehead atoms. The van der Waals surface area contributed by atoms with Crippen molar-refractivity contribution in [3.8, 4) is 0 Å². The zero-order valence-electron chi connectivity index (χ0n) is 13.2. The normalized spacial score (nSPS) is 27.5. The first-order chi connectivity index (χ1) is 10.1. The summed E-state index contributed by atoms with van der Waals surface area (Å²) in [6.07, 6.45) is 4.87. The summed E-state index contributed by atoms with van der Waals surface area (Å²) in [6, 6.07) is 0.372. The lowest BCUT2D eigenvalue weighted by atomic mass is 10.0. The number of rotatable bonds is 4. The summed E-state index contributed by atoms with van der Waals surface area (Å²) in [6.45, 7) is 6.77. The lowest BCUT2D eigenvalue weighted by molar-refractivity contribution is -0.143. The van der Waals surface area contributed by atoms with Crippen LogP contribution in [0.4, 0.5) is 0 Å². The third kappa shape index (κ3) is 2.83. The third-order valence-corrected chi connectivity index (χ3v) is 5.02. The van der Waals surface area contributed by atoms with Crippen molar-refractivity contribution in [2.24, 2.45) is 17.8 Å². The minimum Gasteiger partial charge on any atom is -0.465 e. The van der Waals surface area contributed by atoms with E-state index in [1.807, 2.05) is 6.92 Å². The first-order valence-corrected chi connectivity index (χ1v) is 8.20. The highest BCUT2D eigenvalue weighted by Crippen LogP contribution is 2.53. The number of fused-ring (bicyclic) bond motifs is 2. The molecular formula is C16H25N3O2. The molecule has 0 aromatic carbocycles. The minimum absolute atomic E-state index is 0.0744. The maximum atomic E-state index is 11.3. The van der Waals surface area contributed by atoms with Gasteiger partial charge >= 0.3 is 5.97 Å². The fourth-order valence-electron chi connectivity index (χ4n) is 3.74. The fourth-order valence-corrected chi connectivity index (χ4v) is 3.74. The van der Waals surface area contributed by atoms with Gasteiger partial charge in [0.15, 0.2) is 0 Å². The van der Waals surface area contributed by atoms with Gasteiger partial charge in [-0.05, 0) is 57.3 Å². The molecule has 21 heavy (non-hydrogen) atoms. The van der Waals surface area contributed by atoms with Gasteiger partial charge in [-0.2, -0.15) is 0 Å². The molecule has 3 rings (SSSR count). The Morgan fingerprint density at radius 1 is 1.33 bits per heavy atom. The molecule has 1 saturated carbocycles. The minimum atomic E-state index is -0.0744. The summed E-state index contributed by atoms with van der Waals surface area (Å²) in [5, 5.41) is 8.68. The van der Waals surface area contributed by atoms with Crippen molar-refractivity contribution in [3.63, 3.8) is 0 Å². The molecule has 0 N–H and O–H groups in total. The van der Waals surface area contributed by atoms with Gasteiger partial charge in [-0.25, -0.2) is 4.68 Å². The number of aromatic nitrogens is 3. The number of aryl methyl sites for hydroxylation is 1. The predicted octanol–water partition coefficient (Wildman–Crippen LogP) is 2.55. The topological polar surface area (TPSA) is 57.0 Å². The van der Waals surface area contributed by atoms with Gasteiger partial charge in [0, 0.05) is 12.5 Å². The molecule has 5 heteroatoms. The largest absolute Gasteiger partial charge is 0.465 e. The summed E-state index contributed by atoms with van der Waals surface area (Å²) < 4.78 is 7.41. The zero-order valence-corrected chi connectivity index (χ0v) is 13.2. The lowest BCUT2D eigenvalue weighted by Crippen LogP contribution is -2.10. The highest BCUT2D eigenvalue weighted by molar-refractivity contribution is 5.68. The third-order valence-electron chi connectivity index (χ3n) is 5.02. The van der Waals surface area contributed by atoms with E-state index < -0.39 is 0 Å². The van der Waals surface area contributed by atoms with Crippen molar-refractivity contribution in [1.82, 2.24) is 15.0 Å². The van der Waals surface area contributed by atoms with Crippen LogP contribution in [0.2, 0.25) is 0 Å². The zero-order chi connectivity index (χ0) is 15.0. The van der Waals surface area contributed by atoms with Crippen molar-refractivity contribution in [3.05, 3.63) is 11.4 Å². The first kappa shape index (κ1) is 14.5. The van der Waals surface area contributed by atoms with Gasteiger partial charge in [0.2, 0.25) is 0 Å². The maximum Gasteiger partial charge on any atom is 0.305 e. The van der Waals surface area contributed by atoms with Crippen molar-refractivity contribution in [2.75, 3.05) is 6.61 Å². The van der Waals surface area contributed by atoms with Crippen LogP contribution >= 0.6 is 0 Å². The molecular weight excluding hydrogens is 266 g/mol. The quantitative estimate of drug-likeness (QED) is 0.800. The van der Waals surface area contributed by atoms with E-state index in [1.54, 1.807) is 0 Å². The molecule has 2 aliphatic carbocycles. The van der Waals surface area contributed by atoms with E-state index in [-0.39, 0.29) is 5.97 Å². The van der Waals surface area contributed by atoms with Crippen LogP contribution in [0.15, 0.2) is 0 Å². The summed E-state index contributed by atoms with van der Waals surface area (Å²) in [4.78, 5) is 11.3. The average molecular weight is 291 g/mol. The molecule has 1 fully saturated rings. The van der Waals surface area contributed by atoms with Gasteiger partial charge in [-0.3, -0.25) is 4.79 Å². The Bertz CT molecular complexity index is 524. The first-order valence-electron chi connectivity index (χ1n) is 8.20. The Kier molecular flexibility index (Phi) is 4.00. The Balaban J connectivity index is 1.62. The molecule has 0 saturated heterocycles. The highest BCUT2D eigenvalue weighted by Gasteiger charge is 2.50. The van der Waals surface area contributed by atoms with Gasteiger partial charge < -0.3 is 4.74 Å². The average Bonchev–Trinajstić information content (AvgIpc) is 2.93. The van der Waals surface area contributed by atoms with Crippen LogP contribution in [0.5, 0.6) is 0 Å². The molecule has 3 atom stereocenters. The van der Waals surface area contributed by atoms with Crippen LogP contribution in [0.25, 0.3) is 0 Å². The molecule has 1 aromatic rings. The number of ether oxygens (including phenoxy) is 1. The second kappa shape index (κ2) is 5.78. The van der Waals surface area contributed by atoms with Crippen molar-refractivity contribution >= 4 is 5.97 Å². The van der Waals surface area contributed by atoms with E-state index in [9.17, 15) is 4.79 Å². The molecule has 5 nitrogen and oxygen atoms in total. The number of carbonyl (C=O) groups is 1. The van der Waals surface area contributed by atoms with E-state index in [0.717, 1.165) is 25.2 Å². The van der Waals surface area contributed by atoms with Crippen LogP contribution in [-0.2, 0) is 22.4 Å². The Morgan fingerprint density at radius 2 is 2.05 bits per heavy atom. The molecule has 0 spiro atoms. The van der Waals surface area contributed by atoms with Crippen molar-refractivity contribution in [2.45, 2.75) is 58.9 Å². The Hall–Kier alpha value is -1.39. The Morgan fingerprint density at radius 3 is 2.71 bits per heavy atom. The summed E-state index contributed by atoms with van der Waals surface area (Å²) in [5.74, 6) is 1.94. The van der Waals surface area contributed by atoms with Gasteiger partial charge in [-0.1, -0.05) is 12.1 Å². The molecule has 0 radical (unpaired) electrons. The second-order valence-corrected chi connectivity index (χ2v) is 6.63. The number of carbonyl (C=O) groups excluding carboxylic acids is 1. The highest BCUT2D eigenvalue weighted by atomic mass is 16.5. The fraction of sp³-hybridized carbons (Fsp3) is 0.812. The van der Waals surface area contributed by atoms with Gasteiger partial charge in [0.1, 0.15) is 0 Å². The van der Waals surface area contributed by atoms with E-state index >= 15 is 0 Å². The standard InChI is InChI=1S/C16H25N3O2/c1-4-16(20)21-9-13-11-5-7-14-15(8-6-12(11)13)19(10(2)3)18-17-14/h10-13H,4-9H2,1-3H3/t11-,12+,13-/m1/s1. The number of nitrogens with zero attached hydrogens (tertiary/aromatic N) is 3. The smallest absolute Gasteiger partial charge is 0.305 e. The van der Waals surface area contributed by atoms with Crippen LogP contribution in [-0.4, -0.2) is 27.6 Å². The van der Waals surface area contributed by atoms with Crippen molar-refractivity contribution in [1.29, 1.82) is 0 Å². The van der Waals surface area contributed by atoms with E-state index in [4.69, 9.17) is 4.74 Å². The molecule has 0 unspecified atom stereocenters. The van der Waals surface area contributed by atoms with Gasteiger partial charge in [-0.15, -0.1) is 5.10 Å². The predicted molar refractivity (Wildman–Crippen MR) is 78.8 cm³/mol. The molecule has 116 valence electrons. The van der Waals surface area contributed by atoms with Gasteiger partial charge in [0.25, 0.3) is 0 Å². The second-order valence-electron chi connectivity index (χ2n) is 6.63. The van der Waals surface area contributed by atoms with Crippen LogP contribution < -0.4 is 0 Å². The summed E-state index contributed by atoms with van der Waals surface area (Å²) >= 11 is 0. The van der Waals surface area contributed by atoms with E-state index in [1.165, 1.54) is 17.8 Å². The molecule has 0 aliphatic heterocycles. The molecule has 0 amide bonds. The summed E-state index contributed by atoms with van der Waals surface area (Å²) in [5.41, 5.74) is 2.50. The summed E-state index contributed by atoms with van der Waals surface area (Å²) in [7, 11) is 0. The van der Waals surface area contributed by atoms with Crippen LogP contribution in [0, 0.1) is 17.8 Å². The Labute approximate surface area is 126 Å². The van der Waals surface area contributed by atoms with Crippen molar-refractivity contribution < 1.29 is 9.53 Å². The molecule has 1 aromatic heterocycles. The van der Waals surface area contributed by atoms with E-state index in [2.05, 4.69) is 28.8 Å². The molecule has 1 heterocycles. The lowest BCUT2D eigenvalue weighted by Gasteiger charge is -2.12. The SMILES string of the molecule is CCC(=O)OC[C@@H]1[C@@H]2CCc3nnn(C(C)C)c3CC[C@@H]21. The van der Waals surface area contributed by atoms with Crippen LogP contribution in [0.1, 0.15) is 57.5 Å². The number of hydrogen-bond acceptors (Lipinski definition) is 4. The van der Waals surface area contributed by atoms with E-state index in [0.29, 0.717) is 30.9 Å². The number of hydrogen-bond donors (Lipinski definition) is 0. The van der Waals surface area contributed by atoms with Gasteiger partial charge in [0.05, 0.1) is 18.0 Å². The number of esters is 1. The maximum absolute atomic E-state index is 11.3. The monoisotopic (exact) mass is 291 g/mol. The van der Waals surface area contributed by atoms with Crippen LogP contribution in [0.3, 0.4) is 0 Å². The molecule has 2 aliphatic rings.